The Morgan fingerprint density at radius 2 is 2.00 bits per heavy atom. The maximum Gasteiger partial charge on any atom is 0.441 e. The van der Waals surface area contributed by atoms with Crippen molar-refractivity contribution in [2.45, 2.75) is 5.51 Å². The highest BCUT2D eigenvalue weighted by atomic mass is 32.2. The molecular weight excluding hydrogens is 207 g/mol. The van der Waals surface area contributed by atoms with E-state index < -0.39 is 5.51 Å². The van der Waals surface area contributed by atoms with Crippen molar-refractivity contribution in [1.82, 2.24) is 5.48 Å². The van der Waals surface area contributed by atoms with E-state index in [0.29, 0.717) is 13.2 Å². The van der Waals surface area contributed by atoms with E-state index in [1.54, 1.807) is 0 Å². The Hall–Kier alpha value is 0.0200. The quantitative estimate of drug-likeness (QED) is 0.518. The molecule has 0 saturated carbocycles. The maximum absolute atomic E-state index is 11.6. The van der Waals surface area contributed by atoms with E-state index in [-0.39, 0.29) is 24.1 Å². The Labute approximate surface area is 78.9 Å². The summed E-state index contributed by atoms with van der Waals surface area (Å²) in [5.74, 6) is -0.0590. The zero-order valence-electron chi connectivity index (χ0n) is 7.19. The second kappa shape index (κ2) is 7.43. The number of hydroxylamine groups is 1. The lowest BCUT2D eigenvalue weighted by molar-refractivity contribution is -0.0331. The van der Waals surface area contributed by atoms with Crippen LogP contribution >= 0.6 is 11.8 Å². The summed E-state index contributed by atoms with van der Waals surface area (Å²) in [4.78, 5) is 4.73. The smallest absolute Gasteiger partial charge is 0.382 e. The molecule has 0 aliphatic rings. The molecule has 0 unspecified atom stereocenters. The summed E-state index contributed by atoms with van der Waals surface area (Å²) in [5.41, 5.74) is -1.77. The molecule has 0 amide bonds. The lowest BCUT2D eigenvalue weighted by Crippen LogP contribution is -2.21. The van der Waals surface area contributed by atoms with Crippen LogP contribution in [0.4, 0.5) is 13.2 Å². The van der Waals surface area contributed by atoms with Crippen LogP contribution in [0.5, 0.6) is 0 Å². The lowest BCUT2D eigenvalue weighted by Gasteiger charge is -2.06. The van der Waals surface area contributed by atoms with Crippen molar-refractivity contribution in [3.63, 3.8) is 0 Å². The van der Waals surface area contributed by atoms with Gasteiger partial charge in [-0.25, -0.2) is 5.48 Å². The van der Waals surface area contributed by atoms with Crippen LogP contribution in [0.1, 0.15) is 0 Å². The molecule has 0 aliphatic heterocycles. The first-order valence-corrected chi connectivity index (χ1v) is 4.59. The molecule has 0 aliphatic carbocycles. The number of thioether (sulfide) groups is 1. The van der Waals surface area contributed by atoms with Gasteiger partial charge >= 0.3 is 5.51 Å². The van der Waals surface area contributed by atoms with E-state index in [2.05, 4.69) is 10.2 Å². The molecule has 0 spiro atoms. The van der Waals surface area contributed by atoms with Gasteiger partial charge in [-0.15, -0.1) is 0 Å². The third kappa shape index (κ3) is 12.0. The fourth-order valence-corrected chi connectivity index (χ4v) is 0.895. The molecule has 0 saturated heterocycles. The summed E-state index contributed by atoms with van der Waals surface area (Å²) in [5, 5.41) is 0. The molecule has 0 fully saturated rings. The molecular formula is C6H12F3NO2S. The summed E-state index contributed by atoms with van der Waals surface area (Å²) in [6.45, 7) is 0.903. The molecule has 0 heterocycles. The van der Waals surface area contributed by atoms with E-state index in [0.717, 1.165) is 0 Å². The number of alkyl halides is 3. The Morgan fingerprint density at radius 1 is 1.31 bits per heavy atom. The van der Waals surface area contributed by atoms with Gasteiger partial charge in [0.15, 0.2) is 0 Å². The molecule has 7 heteroatoms. The van der Waals surface area contributed by atoms with Gasteiger partial charge in [0, 0.05) is 19.4 Å². The minimum Gasteiger partial charge on any atom is -0.382 e. The Kier molecular flexibility index (Phi) is 7.44. The van der Waals surface area contributed by atoms with Crippen LogP contribution < -0.4 is 5.48 Å². The van der Waals surface area contributed by atoms with Crippen LogP contribution in [0.2, 0.25) is 0 Å². The first kappa shape index (κ1) is 13.0. The van der Waals surface area contributed by atoms with Crippen LogP contribution in [0.15, 0.2) is 0 Å². The summed E-state index contributed by atoms with van der Waals surface area (Å²) >= 11 is -0.0764. The van der Waals surface area contributed by atoms with Gasteiger partial charge in [-0.3, -0.25) is 4.84 Å². The fourth-order valence-electron chi connectivity index (χ4n) is 0.478. The van der Waals surface area contributed by atoms with Gasteiger partial charge in [0.2, 0.25) is 0 Å². The number of hydrogen-bond donors (Lipinski definition) is 1. The second-order valence-corrected chi connectivity index (χ2v) is 3.19. The van der Waals surface area contributed by atoms with Gasteiger partial charge in [-0.05, 0) is 11.8 Å². The van der Waals surface area contributed by atoms with Crippen LogP contribution in [-0.4, -0.2) is 38.1 Å². The number of methoxy groups -OCH3 is 1. The minimum atomic E-state index is -4.16. The summed E-state index contributed by atoms with van der Waals surface area (Å²) in [6, 6.07) is 0. The van der Waals surface area contributed by atoms with E-state index >= 15 is 0 Å². The molecule has 13 heavy (non-hydrogen) atoms. The van der Waals surface area contributed by atoms with Gasteiger partial charge in [0.1, 0.15) is 0 Å². The number of rotatable bonds is 7. The van der Waals surface area contributed by atoms with Gasteiger partial charge in [0.05, 0.1) is 13.2 Å². The molecule has 80 valence electrons. The molecule has 1 N–H and O–H groups in total. The van der Waals surface area contributed by atoms with Crippen LogP contribution in [0, 0.1) is 0 Å². The maximum atomic E-state index is 11.6. The highest BCUT2D eigenvalue weighted by Gasteiger charge is 2.27. The Morgan fingerprint density at radius 3 is 2.54 bits per heavy atom. The van der Waals surface area contributed by atoms with E-state index in [1.807, 2.05) is 0 Å². The fraction of sp³-hybridized carbons (Fsp3) is 1.00. The normalized spacial score (nSPS) is 12.0. The summed E-state index contributed by atoms with van der Waals surface area (Å²) in [6.07, 6.45) is 0. The third-order valence-electron chi connectivity index (χ3n) is 0.961. The number of ether oxygens (including phenoxy) is 1. The third-order valence-corrected chi connectivity index (χ3v) is 1.70. The topological polar surface area (TPSA) is 30.5 Å². The van der Waals surface area contributed by atoms with Crippen molar-refractivity contribution in [3.05, 3.63) is 0 Å². The van der Waals surface area contributed by atoms with Crippen molar-refractivity contribution in [3.8, 4) is 0 Å². The van der Waals surface area contributed by atoms with Crippen molar-refractivity contribution >= 4 is 11.8 Å². The number of halogens is 3. The second-order valence-electron chi connectivity index (χ2n) is 2.03. The van der Waals surface area contributed by atoms with E-state index in [1.165, 1.54) is 7.11 Å². The summed E-state index contributed by atoms with van der Waals surface area (Å²) < 4.78 is 39.3. The monoisotopic (exact) mass is 219 g/mol. The molecule has 0 aromatic rings. The van der Waals surface area contributed by atoms with Crippen LogP contribution in [-0.2, 0) is 9.57 Å². The lowest BCUT2D eigenvalue weighted by atomic mass is 10.8. The average molecular weight is 219 g/mol. The molecule has 0 rings (SSSR count). The first-order valence-electron chi connectivity index (χ1n) is 3.60. The molecule has 3 nitrogen and oxygen atoms in total. The molecule has 0 atom stereocenters. The standard InChI is InChI=1S/C6H12F3NO2S/c1-11-3-4-12-10-2-5-13-6(7,8)9/h10H,2-5H2,1H3. The predicted octanol–water partition coefficient (Wildman–Crippen LogP) is 1.41. The zero-order valence-corrected chi connectivity index (χ0v) is 8.00. The van der Waals surface area contributed by atoms with E-state index in [4.69, 9.17) is 4.84 Å². The Bertz CT molecular complexity index is 123. The number of hydrogen-bond acceptors (Lipinski definition) is 4. The molecule has 0 aromatic carbocycles. The van der Waals surface area contributed by atoms with Crippen LogP contribution in [0.25, 0.3) is 0 Å². The zero-order chi connectivity index (χ0) is 10.2. The van der Waals surface area contributed by atoms with Crippen molar-refractivity contribution in [2.24, 2.45) is 0 Å². The van der Waals surface area contributed by atoms with Gasteiger partial charge in [-0.1, -0.05) is 0 Å². The average Bonchev–Trinajstić information content (AvgIpc) is 2.01. The molecule has 0 radical (unpaired) electrons. The SMILES string of the molecule is COCCONCCSC(F)(F)F. The predicted molar refractivity (Wildman–Crippen MR) is 44.3 cm³/mol. The molecule has 0 aromatic heterocycles. The minimum absolute atomic E-state index is 0.0590. The van der Waals surface area contributed by atoms with Crippen molar-refractivity contribution in [1.29, 1.82) is 0 Å². The van der Waals surface area contributed by atoms with Gasteiger partial charge in [-0.2, -0.15) is 13.2 Å². The van der Waals surface area contributed by atoms with E-state index in [9.17, 15) is 13.2 Å². The first-order chi connectivity index (χ1) is 6.06. The van der Waals surface area contributed by atoms with Crippen molar-refractivity contribution in [2.75, 3.05) is 32.6 Å². The highest BCUT2D eigenvalue weighted by molar-refractivity contribution is 8.00. The Balaban J connectivity index is 3.00. The molecule has 0 bridgehead atoms. The largest absolute Gasteiger partial charge is 0.441 e. The highest BCUT2D eigenvalue weighted by Crippen LogP contribution is 2.29. The number of nitrogens with one attached hydrogen (secondary N) is 1. The summed E-state index contributed by atoms with van der Waals surface area (Å²) in [7, 11) is 1.52. The van der Waals surface area contributed by atoms with Gasteiger partial charge in [0.25, 0.3) is 0 Å². The van der Waals surface area contributed by atoms with Crippen molar-refractivity contribution < 1.29 is 22.7 Å². The van der Waals surface area contributed by atoms with Gasteiger partial charge < -0.3 is 4.74 Å². The van der Waals surface area contributed by atoms with Crippen LogP contribution in [0.3, 0.4) is 0 Å².